The van der Waals surface area contributed by atoms with E-state index < -0.39 is 17.5 Å². The number of nitrogens with zero attached hydrogens (tertiary/aromatic N) is 1. The number of aromatic nitrogens is 1. The number of benzene rings is 1. The molecule has 4 nitrogen and oxygen atoms in total. The summed E-state index contributed by atoms with van der Waals surface area (Å²) in [5, 5.41) is 5.31. The lowest BCUT2D eigenvalue weighted by Crippen LogP contribution is -2.28. The molecular weight excluding hydrogens is 307 g/mol. The number of amides is 1. The number of hydrogen-bond acceptors (Lipinski definition) is 3. The summed E-state index contributed by atoms with van der Waals surface area (Å²) in [6.07, 6.45) is 4.28. The van der Waals surface area contributed by atoms with Gasteiger partial charge in [0.05, 0.1) is 17.6 Å². The molecule has 1 saturated carbocycles. The van der Waals surface area contributed by atoms with Gasteiger partial charge in [-0.2, -0.15) is 0 Å². The van der Waals surface area contributed by atoms with E-state index in [-0.39, 0.29) is 23.3 Å². The first kappa shape index (κ1) is 15.3. The predicted molar refractivity (Wildman–Crippen MR) is 79.8 cm³/mol. The highest BCUT2D eigenvalue weighted by molar-refractivity contribution is 5.92. The minimum absolute atomic E-state index is 0.0367. The highest BCUT2D eigenvalue weighted by Gasteiger charge is 2.25. The van der Waals surface area contributed by atoms with Crippen LogP contribution in [0.1, 0.15) is 19.3 Å². The van der Waals surface area contributed by atoms with E-state index in [1.54, 1.807) is 6.07 Å². The normalized spacial score (nSPS) is 14.2. The first-order valence-electron chi connectivity index (χ1n) is 7.22. The zero-order valence-corrected chi connectivity index (χ0v) is 12.1. The SMILES string of the molecule is O=C(Nc1ccc(Nc2ccc(F)c(F)c2F)nc1)C1CCC1. The molecule has 0 spiro atoms. The molecular formula is C16H14F3N3O. The maximum Gasteiger partial charge on any atom is 0.227 e. The van der Waals surface area contributed by atoms with Crippen LogP contribution in [0.2, 0.25) is 0 Å². The lowest BCUT2D eigenvalue weighted by molar-refractivity contribution is -0.122. The third-order valence-electron chi connectivity index (χ3n) is 3.80. The monoisotopic (exact) mass is 321 g/mol. The first-order valence-corrected chi connectivity index (χ1v) is 7.22. The lowest BCUT2D eigenvalue weighted by Gasteiger charge is -2.23. The average Bonchev–Trinajstić information content (AvgIpc) is 2.48. The molecule has 1 amide bonds. The Morgan fingerprint density at radius 2 is 1.87 bits per heavy atom. The molecule has 3 rings (SSSR count). The second-order valence-corrected chi connectivity index (χ2v) is 5.40. The molecule has 1 aromatic carbocycles. The lowest BCUT2D eigenvalue weighted by atomic mass is 9.85. The standard InChI is InChI=1S/C16H14F3N3O/c17-11-5-6-12(15(19)14(11)18)22-13-7-4-10(8-20-13)21-16(23)9-2-1-3-9/h4-9H,1-3H2,(H,20,22)(H,21,23). The molecule has 1 heterocycles. The van der Waals surface area contributed by atoms with Crippen LogP contribution in [0.3, 0.4) is 0 Å². The number of hydrogen-bond donors (Lipinski definition) is 2. The van der Waals surface area contributed by atoms with Crippen LogP contribution in [0, 0.1) is 23.4 Å². The van der Waals surface area contributed by atoms with Gasteiger partial charge in [-0.1, -0.05) is 6.42 Å². The van der Waals surface area contributed by atoms with Crippen LogP contribution in [0.5, 0.6) is 0 Å². The van der Waals surface area contributed by atoms with Gasteiger partial charge in [-0.3, -0.25) is 4.79 Å². The Morgan fingerprint density at radius 3 is 2.48 bits per heavy atom. The van der Waals surface area contributed by atoms with Gasteiger partial charge in [-0.15, -0.1) is 0 Å². The minimum atomic E-state index is -1.54. The van der Waals surface area contributed by atoms with Gasteiger partial charge in [0.1, 0.15) is 5.82 Å². The van der Waals surface area contributed by atoms with Gasteiger partial charge in [-0.25, -0.2) is 18.2 Å². The van der Waals surface area contributed by atoms with Crippen LogP contribution >= 0.6 is 0 Å². The number of pyridine rings is 1. The Labute approximate surface area is 130 Å². The van der Waals surface area contributed by atoms with E-state index in [9.17, 15) is 18.0 Å². The Bertz CT molecular complexity index is 730. The van der Waals surface area contributed by atoms with E-state index in [0.29, 0.717) is 5.69 Å². The van der Waals surface area contributed by atoms with Gasteiger partial charge in [-0.05, 0) is 37.1 Å². The van der Waals surface area contributed by atoms with E-state index in [0.717, 1.165) is 31.4 Å². The van der Waals surface area contributed by atoms with Crippen molar-refractivity contribution in [3.05, 3.63) is 47.9 Å². The summed E-state index contributed by atoms with van der Waals surface area (Å²) in [6.45, 7) is 0. The highest BCUT2D eigenvalue weighted by atomic mass is 19.2. The number of rotatable bonds is 4. The van der Waals surface area contributed by atoms with Crippen LogP contribution in [-0.2, 0) is 4.79 Å². The molecule has 0 aliphatic heterocycles. The van der Waals surface area contributed by atoms with Crippen molar-refractivity contribution in [3.8, 4) is 0 Å². The molecule has 2 N–H and O–H groups in total. The molecule has 1 aromatic heterocycles. The van der Waals surface area contributed by atoms with Crippen molar-refractivity contribution in [1.29, 1.82) is 0 Å². The van der Waals surface area contributed by atoms with Gasteiger partial charge in [0.2, 0.25) is 5.91 Å². The summed E-state index contributed by atoms with van der Waals surface area (Å²) in [5.41, 5.74) is 0.306. The largest absolute Gasteiger partial charge is 0.338 e. The van der Waals surface area contributed by atoms with Gasteiger partial charge in [0.25, 0.3) is 0 Å². The van der Waals surface area contributed by atoms with E-state index in [1.165, 1.54) is 12.3 Å². The molecule has 0 radical (unpaired) electrons. The zero-order valence-electron chi connectivity index (χ0n) is 12.1. The number of carbonyl (C=O) groups is 1. The summed E-state index contributed by atoms with van der Waals surface area (Å²) < 4.78 is 39.6. The molecule has 0 saturated heterocycles. The summed E-state index contributed by atoms with van der Waals surface area (Å²) in [7, 11) is 0. The third kappa shape index (κ3) is 3.28. The number of nitrogens with one attached hydrogen (secondary N) is 2. The van der Waals surface area contributed by atoms with E-state index >= 15 is 0 Å². The van der Waals surface area contributed by atoms with Crippen molar-refractivity contribution in [2.45, 2.75) is 19.3 Å². The van der Waals surface area contributed by atoms with Gasteiger partial charge in [0.15, 0.2) is 17.5 Å². The van der Waals surface area contributed by atoms with Crippen LogP contribution in [0.4, 0.5) is 30.4 Å². The van der Waals surface area contributed by atoms with Crippen molar-refractivity contribution in [1.82, 2.24) is 4.98 Å². The van der Waals surface area contributed by atoms with E-state index in [2.05, 4.69) is 15.6 Å². The molecule has 2 aromatic rings. The smallest absolute Gasteiger partial charge is 0.227 e. The van der Waals surface area contributed by atoms with Crippen molar-refractivity contribution in [2.75, 3.05) is 10.6 Å². The fraction of sp³-hybridized carbons (Fsp3) is 0.250. The van der Waals surface area contributed by atoms with Gasteiger partial charge in [0, 0.05) is 5.92 Å². The molecule has 0 unspecified atom stereocenters. The molecule has 1 fully saturated rings. The van der Waals surface area contributed by atoms with Crippen molar-refractivity contribution < 1.29 is 18.0 Å². The van der Waals surface area contributed by atoms with Crippen molar-refractivity contribution >= 4 is 23.1 Å². The minimum Gasteiger partial charge on any atom is -0.338 e. The number of carbonyl (C=O) groups excluding carboxylic acids is 1. The fourth-order valence-corrected chi connectivity index (χ4v) is 2.22. The van der Waals surface area contributed by atoms with E-state index in [4.69, 9.17) is 0 Å². The maximum absolute atomic E-state index is 13.6. The Hall–Kier alpha value is -2.57. The van der Waals surface area contributed by atoms with Crippen LogP contribution < -0.4 is 10.6 Å². The van der Waals surface area contributed by atoms with Gasteiger partial charge < -0.3 is 10.6 Å². The summed E-state index contributed by atoms with van der Waals surface area (Å²) in [4.78, 5) is 15.8. The average molecular weight is 321 g/mol. The second kappa shape index (κ2) is 6.28. The molecule has 23 heavy (non-hydrogen) atoms. The topological polar surface area (TPSA) is 54.0 Å². The molecule has 1 aliphatic rings. The Morgan fingerprint density at radius 1 is 1.09 bits per heavy atom. The molecule has 0 bridgehead atoms. The Kier molecular flexibility index (Phi) is 4.18. The summed E-state index contributed by atoms with van der Waals surface area (Å²) in [6, 6.07) is 5.02. The quantitative estimate of drug-likeness (QED) is 0.838. The third-order valence-corrected chi connectivity index (χ3v) is 3.80. The fourth-order valence-electron chi connectivity index (χ4n) is 2.22. The predicted octanol–water partition coefficient (Wildman–Crippen LogP) is 3.98. The van der Waals surface area contributed by atoms with Gasteiger partial charge >= 0.3 is 0 Å². The second-order valence-electron chi connectivity index (χ2n) is 5.40. The highest BCUT2D eigenvalue weighted by Crippen LogP contribution is 2.28. The summed E-state index contributed by atoms with van der Waals surface area (Å²) in [5.74, 6) is -3.84. The van der Waals surface area contributed by atoms with Crippen LogP contribution in [0.15, 0.2) is 30.5 Å². The Balaban J connectivity index is 1.68. The van der Waals surface area contributed by atoms with Crippen LogP contribution in [0.25, 0.3) is 0 Å². The molecule has 0 atom stereocenters. The molecule has 1 aliphatic carbocycles. The van der Waals surface area contributed by atoms with Crippen LogP contribution in [-0.4, -0.2) is 10.9 Å². The number of halogens is 3. The van der Waals surface area contributed by atoms with Crippen molar-refractivity contribution in [2.24, 2.45) is 5.92 Å². The first-order chi connectivity index (χ1) is 11.0. The zero-order chi connectivity index (χ0) is 16.4. The molecule has 120 valence electrons. The summed E-state index contributed by atoms with van der Waals surface area (Å²) >= 11 is 0. The number of anilines is 3. The van der Waals surface area contributed by atoms with Crippen molar-refractivity contribution in [3.63, 3.8) is 0 Å². The van der Waals surface area contributed by atoms with E-state index in [1.807, 2.05) is 0 Å². The maximum atomic E-state index is 13.6. The molecule has 7 heteroatoms.